The van der Waals surface area contributed by atoms with Crippen molar-refractivity contribution in [3.63, 3.8) is 0 Å². The van der Waals surface area contributed by atoms with E-state index in [0.717, 1.165) is 62.3 Å². The quantitative estimate of drug-likeness (QED) is 0.624. The third-order valence-electron chi connectivity index (χ3n) is 5.44. The molecule has 0 bridgehead atoms. The molecule has 0 unspecified atom stereocenters. The SMILES string of the molecule is CCn1c(Cn2cccn2)nnc1C1CCN(Cc2coc(C(C)C)n2)CC1. The maximum absolute atomic E-state index is 5.57. The van der Waals surface area contributed by atoms with Gasteiger partial charge < -0.3 is 8.98 Å². The van der Waals surface area contributed by atoms with Crippen molar-refractivity contribution >= 4 is 0 Å². The zero-order valence-electron chi connectivity index (χ0n) is 17.0. The van der Waals surface area contributed by atoms with E-state index in [1.54, 1.807) is 12.5 Å². The molecule has 1 saturated heterocycles. The molecule has 4 heterocycles. The normalized spacial score (nSPS) is 16.3. The first-order valence-electron chi connectivity index (χ1n) is 10.2. The molecule has 0 radical (unpaired) electrons. The van der Waals surface area contributed by atoms with Crippen molar-refractivity contribution in [2.45, 2.75) is 65.1 Å². The van der Waals surface area contributed by atoms with Crippen LogP contribution in [0.3, 0.4) is 0 Å². The maximum atomic E-state index is 5.57. The fraction of sp³-hybridized carbons (Fsp3) is 0.600. The highest BCUT2D eigenvalue weighted by molar-refractivity contribution is 5.05. The van der Waals surface area contributed by atoms with Crippen molar-refractivity contribution in [2.24, 2.45) is 0 Å². The van der Waals surface area contributed by atoms with Crippen molar-refractivity contribution in [2.75, 3.05) is 13.1 Å². The number of aromatic nitrogens is 6. The number of likely N-dealkylation sites (tertiary alicyclic amines) is 1. The lowest BCUT2D eigenvalue weighted by molar-refractivity contribution is 0.198. The standard InChI is InChI=1S/C20H29N7O/c1-4-27-18(13-26-9-5-8-21-26)23-24-19(27)16-6-10-25(11-7-16)12-17-14-28-20(22-17)15(2)3/h5,8-9,14-16H,4,6-7,10-13H2,1-3H3. The van der Waals surface area contributed by atoms with E-state index in [1.165, 1.54) is 0 Å². The van der Waals surface area contributed by atoms with E-state index in [2.05, 4.69) is 50.5 Å². The van der Waals surface area contributed by atoms with Gasteiger partial charge in [-0.1, -0.05) is 13.8 Å². The Hall–Kier alpha value is -2.48. The fourth-order valence-corrected chi connectivity index (χ4v) is 3.89. The molecule has 0 atom stereocenters. The molecular weight excluding hydrogens is 354 g/mol. The number of oxazole rings is 1. The fourth-order valence-electron chi connectivity index (χ4n) is 3.89. The molecule has 4 rings (SSSR count). The van der Waals surface area contributed by atoms with Gasteiger partial charge >= 0.3 is 0 Å². The molecule has 3 aromatic rings. The zero-order valence-corrected chi connectivity index (χ0v) is 17.0. The Balaban J connectivity index is 1.37. The highest BCUT2D eigenvalue weighted by Gasteiger charge is 2.26. The second-order valence-corrected chi connectivity index (χ2v) is 7.80. The van der Waals surface area contributed by atoms with Crippen LogP contribution in [0.15, 0.2) is 29.1 Å². The second-order valence-electron chi connectivity index (χ2n) is 7.80. The van der Waals surface area contributed by atoms with Crippen molar-refractivity contribution in [3.05, 3.63) is 48.0 Å². The van der Waals surface area contributed by atoms with Crippen LogP contribution in [0.4, 0.5) is 0 Å². The van der Waals surface area contributed by atoms with E-state index in [9.17, 15) is 0 Å². The number of piperidine rings is 1. The van der Waals surface area contributed by atoms with Gasteiger partial charge in [0.1, 0.15) is 18.6 Å². The molecule has 0 aliphatic carbocycles. The molecule has 1 aliphatic heterocycles. The van der Waals surface area contributed by atoms with Gasteiger partial charge in [0.25, 0.3) is 0 Å². The lowest BCUT2D eigenvalue weighted by atomic mass is 9.95. The first-order valence-corrected chi connectivity index (χ1v) is 10.2. The summed E-state index contributed by atoms with van der Waals surface area (Å²) in [4.78, 5) is 7.06. The Kier molecular flexibility index (Phi) is 5.57. The molecule has 3 aromatic heterocycles. The van der Waals surface area contributed by atoms with Gasteiger partial charge in [0.15, 0.2) is 11.7 Å². The highest BCUT2D eigenvalue weighted by Crippen LogP contribution is 2.28. The lowest BCUT2D eigenvalue weighted by Crippen LogP contribution is -2.33. The summed E-state index contributed by atoms with van der Waals surface area (Å²) >= 11 is 0. The van der Waals surface area contributed by atoms with Crippen molar-refractivity contribution in [1.82, 2.24) is 34.4 Å². The van der Waals surface area contributed by atoms with Crippen LogP contribution in [-0.4, -0.2) is 47.5 Å². The maximum Gasteiger partial charge on any atom is 0.196 e. The average Bonchev–Trinajstić information content (AvgIpc) is 3.44. The molecule has 0 spiro atoms. The topological polar surface area (TPSA) is 77.8 Å². The van der Waals surface area contributed by atoms with Crippen molar-refractivity contribution < 1.29 is 4.42 Å². The number of nitrogens with zero attached hydrogens (tertiary/aromatic N) is 7. The Morgan fingerprint density at radius 2 is 2.00 bits per heavy atom. The van der Waals surface area contributed by atoms with Crippen LogP contribution in [0.1, 0.15) is 68.7 Å². The van der Waals surface area contributed by atoms with E-state index in [-0.39, 0.29) is 0 Å². The van der Waals surface area contributed by atoms with Crippen LogP contribution in [0.25, 0.3) is 0 Å². The monoisotopic (exact) mass is 383 g/mol. The molecular formula is C20H29N7O. The predicted molar refractivity (Wildman–Crippen MR) is 105 cm³/mol. The van der Waals surface area contributed by atoms with Gasteiger partial charge in [0, 0.05) is 37.3 Å². The molecule has 1 aliphatic rings. The molecule has 8 nitrogen and oxygen atoms in total. The largest absolute Gasteiger partial charge is 0.448 e. The summed E-state index contributed by atoms with van der Waals surface area (Å²) in [5, 5.41) is 13.3. The first kappa shape index (κ1) is 18.9. The molecule has 0 aromatic carbocycles. The highest BCUT2D eigenvalue weighted by atomic mass is 16.3. The summed E-state index contributed by atoms with van der Waals surface area (Å²) in [6, 6.07) is 1.93. The van der Waals surface area contributed by atoms with Gasteiger partial charge in [-0.25, -0.2) is 4.98 Å². The second kappa shape index (κ2) is 8.26. The summed E-state index contributed by atoms with van der Waals surface area (Å²) < 4.78 is 9.72. The summed E-state index contributed by atoms with van der Waals surface area (Å²) in [5.41, 5.74) is 1.03. The minimum absolute atomic E-state index is 0.329. The number of hydrogen-bond acceptors (Lipinski definition) is 6. The van der Waals surface area contributed by atoms with Gasteiger partial charge in [-0.3, -0.25) is 9.58 Å². The van der Waals surface area contributed by atoms with E-state index in [1.807, 2.05) is 16.9 Å². The summed E-state index contributed by atoms with van der Waals surface area (Å²) in [7, 11) is 0. The molecule has 1 fully saturated rings. The van der Waals surface area contributed by atoms with E-state index < -0.39 is 0 Å². The molecule has 8 heteroatoms. The molecule has 0 amide bonds. The van der Waals surface area contributed by atoms with Gasteiger partial charge in [0.05, 0.1) is 5.69 Å². The predicted octanol–water partition coefficient (Wildman–Crippen LogP) is 3.03. The minimum Gasteiger partial charge on any atom is -0.448 e. The first-order chi connectivity index (χ1) is 13.6. The van der Waals surface area contributed by atoms with E-state index in [0.29, 0.717) is 18.4 Å². The lowest BCUT2D eigenvalue weighted by Gasteiger charge is -2.31. The van der Waals surface area contributed by atoms with Crippen LogP contribution in [0, 0.1) is 0 Å². The summed E-state index contributed by atoms with van der Waals surface area (Å²) in [6.45, 7) is 10.9. The van der Waals surface area contributed by atoms with Crippen LogP contribution in [0.5, 0.6) is 0 Å². The number of hydrogen-bond donors (Lipinski definition) is 0. The van der Waals surface area contributed by atoms with Crippen LogP contribution in [0.2, 0.25) is 0 Å². The average molecular weight is 384 g/mol. The van der Waals surface area contributed by atoms with Crippen LogP contribution >= 0.6 is 0 Å². The van der Waals surface area contributed by atoms with Gasteiger partial charge in [0.2, 0.25) is 0 Å². The van der Waals surface area contributed by atoms with Gasteiger partial charge in [-0.15, -0.1) is 10.2 Å². The Labute approximate surface area is 165 Å². The third kappa shape index (κ3) is 4.01. The minimum atomic E-state index is 0.329. The van der Waals surface area contributed by atoms with E-state index >= 15 is 0 Å². The Morgan fingerprint density at radius 1 is 1.18 bits per heavy atom. The van der Waals surface area contributed by atoms with Gasteiger partial charge in [-0.2, -0.15) is 5.10 Å². The van der Waals surface area contributed by atoms with Crippen LogP contribution in [-0.2, 0) is 19.6 Å². The Morgan fingerprint density at radius 3 is 2.64 bits per heavy atom. The van der Waals surface area contributed by atoms with Crippen LogP contribution < -0.4 is 0 Å². The Bertz CT molecular complexity index is 872. The molecule has 28 heavy (non-hydrogen) atoms. The van der Waals surface area contributed by atoms with Crippen molar-refractivity contribution in [1.29, 1.82) is 0 Å². The summed E-state index contributed by atoms with van der Waals surface area (Å²) in [6.07, 6.45) is 7.74. The number of rotatable bonds is 7. The molecule has 150 valence electrons. The molecule has 0 saturated carbocycles. The smallest absolute Gasteiger partial charge is 0.196 e. The van der Waals surface area contributed by atoms with Gasteiger partial charge in [-0.05, 0) is 38.9 Å². The van der Waals surface area contributed by atoms with E-state index in [4.69, 9.17) is 4.42 Å². The van der Waals surface area contributed by atoms with Crippen molar-refractivity contribution in [3.8, 4) is 0 Å². The summed E-state index contributed by atoms with van der Waals surface area (Å²) in [5.74, 6) is 3.71. The molecule has 0 N–H and O–H groups in total. The third-order valence-corrected chi connectivity index (χ3v) is 5.44. The zero-order chi connectivity index (χ0) is 19.5.